The molecule has 8 heteroatoms. The molecule has 2 aromatic rings. The van der Waals surface area contributed by atoms with E-state index >= 15 is 0 Å². The van der Waals surface area contributed by atoms with Crippen molar-refractivity contribution in [2.75, 3.05) is 0 Å². The fourth-order valence-corrected chi connectivity index (χ4v) is 3.07. The lowest BCUT2D eigenvalue weighted by atomic mass is 10.2. The molecule has 0 N–H and O–H groups in total. The Labute approximate surface area is 107 Å². The Kier molecular flexibility index (Phi) is 2.83. The summed E-state index contributed by atoms with van der Waals surface area (Å²) in [5, 5.41) is 12.6. The van der Waals surface area contributed by atoms with Crippen LogP contribution in [0.5, 0.6) is 0 Å². The Hall–Kier alpha value is -1.02. The van der Waals surface area contributed by atoms with Crippen molar-refractivity contribution in [2.45, 2.75) is 48.1 Å². The highest BCUT2D eigenvalue weighted by atomic mass is 32.2. The molecule has 1 aliphatic carbocycles. The number of rotatable bonds is 4. The predicted octanol–water partition coefficient (Wildman–Crippen LogP) is 2.13. The molecule has 90 valence electrons. The van der Waals surface area contributed by atoms with Crippen molar-refractivity contribution in [2.24, 2.45) is 0 Å². The summed E-state index contributed by atoms with van der Waals surface area (Å²) < 4.78 is 7.12. The van der Waals surface area contributed by atoms with Crippen molar-refractivity contribution in [3.8, 4) is 0 Å². The van der Waals surface area contributed by atoms with Gasteiger partial charge in [-0.25, -0.2) is 9.67 Å². The Morgan fingerprint density at radius 1 is 1.41 bits per heavy atom. The van der Waals surface area contributed by atoms with Gasteiger partial charge in [0.1, 0.15) is 5.82 Å². The number of hydrogen-bond acceptors (Lipinski definition) is 7. The minimum Gasteiger partial charge on any atom is -0.217 e. The standard InChI is InChI=1S/C9H12N6S2/c1-5(2)7-10-9(17-12-7)16-8-11-13-14-15(8)6-3-4-6/h5-6H,3-4H2,1-2H3. The highest BCUT2D eigenvalue weighted by Gasteiger charge is 2.28. The van der Waals surface area contributed by atoms with Gasteiger partial charge in [0.2, 0.25) is 5.16 Å². The molecule has 0 bridgehead atoms. The van der Waals surface area contributed by atoms with E-state index in [0.717, 1.165) is 15.3 Å². The molecule has 3 rings (SSSR count). The van der Waals surface area contributed by atoms with E-state index in [1.54, 1.807) is 0 Å². The van der Waals surface area contributed by atoms with Crippen LogP contribution in [0.2, 0.25) is 0 Å². The predicted molar refractivity (Wildman–Crippen MR) is 64.2 cm³/mol. The van der Waals surface area contributed by atoms with E-state index in [2.05, 4.69) is 38.7 Å². The largest absolute Gasteiger partial charge is 0.217 e. The Morgan fingerprint density at radius 3 is 2.88 bits per heavy atom. The Bertz CT molecular complexity index is 515. The quantitative estimate of drug-likeness (QED) is 0.846. The first kappa shape index (κ1) is 11.1. The lowest BCUT2D eigenvalue weighted by molar-refractivity contribution is 0.565. The van der Waals surface area contributed by atoms with Gasteiger partial charge in [-0.3, -0.25) is 0 Å². The van der Waals surface area contributed by atoms with Gasteiger partial charge >= 0.3 is 0 Å². The van der Waals surface area contributed by atoms with E-state index in [0.29, 0.717) is 12.0 Å². The van der Waals surface area contributed by atoms with Crippen molar-refractivity contribution in [1.82, 2.24) is 29.6 Å². The molecule has 2 heterocycles. The number of aromatic nitrogens is 6. The molecule has 6 nitrogen and oxygen atoms in total. The van der Waals surface area contributed by atoms with E-state index in [1.165, 1.54) is 36.1 Å². The van der Waals surface area contributed by atoms with Gasteiger partial charge in [-0.15, -0.1) is 5.10 Å². The lowest BCUT2D eigenvalue weighted by Crippen LogP contribution is -1.98. The highest BCUT2D eigenvalue weighted by molar-refractivity contribution is 8.00. The van der Waals surface area contributed by atoms with Gasteiger partial charge < -0.3 is 0 Å². The van der Waals surface area contributed by atoms with Crippen LogP contribution in [-0.4, -0.2) is 29.6 Å². The smallest absolute Gasteiger partial charge is 0.216 e. The zero-order valence-corrected chi connectivity index (χ0v) is 11.2. The van der Waals surface area contributed by atoms with E-state index < -0.39 is 0 Å². The van der Waals surface area contributed by atoms with Crippen molar-refractivity contribution in [3.63, 3.8) is 0 Å². The fraction of sp³-hybridized carbons (Fsp3) is 0.667. The molecule has 2 aromatic heterocycles. The van der Waals surface area contributed by atoms with Gasteiger partial charge in [0, 0.05) is 5.92 Å². The monoisotopic (exact) mass is 268 g/mol. The number of nitrogens with zero attached hydrogens (tertiary/aromatic N) is 6. The van der Waals surface area contributed by atoms with Crippen LogP contribution in [-0.2, 0) is 0 Å². The first-order valence-electron chi connectivity index (χ1n) is 5.53. The summed E-state index contributed by atoms with van der Waals surface area (Å²) in [4.78, 5) is 4.47. The maximum atomic E-state index is 4.47. The molecule has 0 aromatic carbocycles. The van der Waals surface area contributed by atoms with Gasteiger partial charge in [0.15, 0.2) is 4.34 Å². The van der Waals surface area contributed by atoms with Crippen LogP contribution in [0, 0.1) is 0 Å². The third kappa shape index (κ3) is 2.32. The van der Waals surface area contributed by atoms with Crippen LogP contribution >= 0.6 is 23.3 Å². The van der Waals surface area contributed by atoms with Crippen LogP contribution < -0.4 is 0 Å². The summed E-state index contributed by atoms with van der Waals surface area (Å²) in [6, 6.07) is 0.491. The van der Waals surface area contributed by atoms with Gasteiger partial charge in [-0.2, -0.15) is 4.37 Å². The molecule has 0 aliphatic heterocycles. The summed E-state index contributed by atoms with van der Waals surface area (Å²) in [6.45, 7) is 4.18. The van der Waals surface area contributed by atoms with E-state index in [1.807, 2.05) is 4.68 Å². The normalized spacial score (nSPS) is 15.7. The summed E-state index contributed by atoms with van der Waals surface area (Å²) in [6.07, 6.45) is 2.35. The average Bonchev–Trinajstić information content (AvgIpc) is 2.86. The van der Waals surface area contributed by atoms with Crippen molar-refractivity contribution >= 4 is 23.3 Å². The van der Waals surface area contributed by atoms with Crippen molar-refractivity contribution in [1.29, 1.82) is 0 Å². The van der Waals surface area contributed by atoms with Crippen molar-refractivity contribution in [3.05, 3.63) is 5.82 Å². The Balaban J connectivity index is 1.78. The van der Waals surface area contributed by atoms with Crippen LogP contribution in [0.25, 0.3) is 0 Å². The first-order chi connectivity index (χ1) is 8.24. The second kappa shape index (κ2) is 4.34. The molecule has 17 heavy (non-hydrogen) atoms. The Morgan fingerprint density at radius 2 is 2.24 bits per heavy atom. The summed E-state index contributed by atoms with van der Waals surface area (Å²) in [5.74, 6) is 1.25. The van der Waals surface area contributed by atoms with Crippen LogP contribution in [0.4, 0.5) is 0 Å². The SMILES string of the molecule is CC(C)c1nsc(Sc2nnnn2C2CC2)n1. The molecule has 0 radical (unpaired) electrons. The van der Waals surface area contributed by atoms with Crippen molar-refractivity contribution < 1.29 is 0 Å². The highest BCUT2D eigenvalue weighted by Crippen LogP contribution is 2.38. The fourth-order valence-electron chi connectivity index (χ4n) is 1.38. The minimum absolute atomic E-state index is 0.361. The molecule has 1 fully saturated rings. The van der Waals surface area contributed by atoms with Crippen LogP contribution in [0.3, 0.4) is 0 Å². The summed E-state index contributed by atoms with van der Waals surface area (Å²) in [5.41, 5.74) is 0. The minimum atomic E-state index is 0.361. The second-order valence-corrected chi connectivity index (χ2v) is 6.28. The third-order valence-corrected chi connectivity index (χ3v) is 4.19. The maximum Gasteiger partial charge on any atom is 0.216 e. The molecule has 1 aliphatic rings. The van der Waals surface area contributed by atoms with Gasteiger partial charge in [-0.05, 0) is 46.6 Å². The summed E-state index contributed by atoms with van der Waals surface area (Å²) >= 11 is 2.91. The molecule has 0 saturated heterocycles. The molecule has 1 saturated carbocycles. The molecular formula is C9H12N6S2. The van der Waals surface area contributed by atoms with Crippen LogP contribution in [0.1, 0.15) is 44.5 Å². The average molecular weight is 268 g/mol. The van der Waals surface area contributed by atoms with Crippen LogP contribution in [0.15, 0.2) is 9.50 Å². The molecule has 0 amide bonds. The van der Waals surface area contributed by atoms with E-state index in [4.69, 9.17) is 0 Å². The zero-order valence-electron chi connectivity index (χ0n) is 9.57. The second-order valence-electron chi connectivity index (χ2n) is 4.31. The van der Waals surface area contributed by atoms with E-state index in [-0.39, 0.29) is 0 Å². The van der Waals surface area contributed by atoms with E-state index in [9.17, 15) is 0 Å². The van der Waals surface area contributed by atoms with Gasteiger partial charge in [0.25, 0.3) is 0 Å². The number of hydrogen-bond donors (Lipinski definition) is 0. The topological polar surface area (TPSA) is 69.4 Å². The van der Waals surface area contributed by atoms with Gasteiger partial charge in [0.05, 0.1) is 6.04 Å². The molecular weight excluding hydrogens is 256 g/mol. The first-order valence-corrected chi connectivity index (χ1v) is 7.12. The molecule has 0 spiro atoms. The zero-order chi connectivity index (χ0) is 11.8. The molecule has 0 unspecified atom stereocenters. The molecule has 0 atom stereocenters. The number of tetrazole rings is 1. The lowest BCUT2D eigenvalue weighted by Gasteiger charge is -1.98. The van der Waals surface area contributed by atoms with Gasteiger partial charge in [-0.1, -0.05) is 13.8 Å². The summed E-state index contributed by atoms with van der Waals surface area (Å²) in [7, 11) is 0. The maximum absolute atomic E-state index is 4.47. The third-order valence-electron chi connectivity index (χ3n) is 2.47.